The molecule has 1 aliphatic rings. The Kier molecular flexibility index (Phi) is 7.24. The highest BCUT2D eigenvalue weighted by Crippen LogP contribution is 2.57. The van der Waals surface area contributed by atoms with Gasteiger partial charge in [-0.25, -0.2) is 0 Å². The van der Waals surface area contributed by atoms with Crippen molar-refractivity contribution >= 4 is 82.9 Å². The van der Waals surface area contributed by atoms with Crippen molar-refractivity contribution in [1.29, 1.82) is 0 Å². The van der Waals surface area contributed by atoms with E-state index in [2.05, 4.69) is 187 Å². The van der Waals surface area contributed by atoms with Crippen molar-refractivity contribution in [1.82, 2.24) is 8.97 Å². The Morgan fingerprint density at radius 2 is 1.29 bits per heavy atom. The third kappa shape index (κ3) is 4.57. The first kappa shape index (κ1) is 32.2. The van der Waals surface area contributed by atoms with Gasteiger partial charge in [-0.1, -0.05) is 153 Å². The van der Waals surface area contributed by atoms with Crippen LogP contribution in [0, 0.1) is 0 Å². The number of hydrogen-bond acceptors (Lipinski definition) is 1. The summed E-state index contributed by atoms with van der Waals surface area (Å²) in [6.07, 6.45) is 3.10. The van der Waals surface area contributed by atoms with Gasteiger partial charge in [-0.05, 0) is 83.1 Å². The quantitative estimate of drug-likeness (QED) is 0.155. The zero-order chi connectivity index (χ0) is 36.8. The molecule has 1 atom stereocenters. The highest BCUT2D eigenvalue weighted by molar-refractivity contribution is 8.03. The molecule has 0 aliphatic carbocycles. The van der Waals surface area contributed by atoms with Gasteiger partial charge in [0, 0.05) is 53.7 Å². The van der Waals surface area contributed by atoms with E-state index in [1.54, 1.807) is 0 Å². The second-order valence-electron chi connectivity index (χ2n) is 14.7. The van der Waals surface area contributed by atoms with Crippen molar-refractivity contribution in [2.24, 2.45) is 0 Å². The zero-order valence-corrected chi connectivity index (χ0v) is 31.7. The molecule has 4 heterocycles. The van der Waals surface area contributed by atoms with Gasteiger partial charge in [0.25, 0.3) is 0 Å². The maximum atomic E-state index is 4.90. The van der Waals surface area contributed by atoms with Crippen LogP contribution < -0.4 is 0 Å². The molecule has 0 saturated heterocycles. The lowest BCUT2D eigenvalue weighted by Crippen LogP contribution is -2.07. The maximum Gasteiger partial charge on any atom is 0.0628 e. The SMILES string of the molecule is C=C(/C(=C\C)c1ccccc1)[C@@H]1/C(=C(\CC)n2c3ccc(-c4ccccc4)cc3c3c4c5ccccc5n5c6ccccc6c(cc32)c45)Sc2ccccc21. The molecule has 0 bridgehead atoms. The van der Waals surface area contributed by atoms with Crippen molar-refractivity contribution in [2.75, 3.05) is 0 Å². The van der Waals surface area contributed by atoms with E-state index in [1.165, 1.54) is 103 Å². The van der Waals surface area contributed by atoms with Crippen LogP contribution in [-0.4, -0.2) is 8.97 Å². The average Bonchev–Trinajstić information content (AvgIpc) is 3.98. The normalized spacial score (nSPS) is 15.7. The molecule has 0 unspecified atom stereocenters. The van der Waals surface area contributed by atoms with Crippen molar-refractivity contribution in [3.05, 3.63) is 192 Å². The van der Waals surface area contributed by atoms with Crippen LogP contribution in [0.3, 0.4) is 0 Å². The fourth-order valence-electron chi connectivity index (χ4n) is 9.57. The molecule has 0 fully saturated rings. The standard InChI is InChI=1S/C52H38N2S/c1-4-36(34-20-10-7-11-21-34)32(3)48-39-24-14-17-27-47(39)55-52(48)42(5-2)53-45-29-28-35(33-18-8-6-9-19-33)30-41(45)49-46(53)31-40-37-22-12-15-25-43(37)54-44-26-16-13-23-38(44)50(49)51(40)54/h4,6-31,48H,3,5H2,1-2H3/b36-4+,52-42-/t48-/m0/s1. The molecule has 3 heteroatoms. The summed E-state index contributed by atoms with van der Waals surface area (Å²) < 4.78 is 5.12. The molecule has 0 saturated carbocycles. The van der Waals surface area contributed by atoms with E-state index in [9.17, 15) is 0 Å². The van der Waals surface area contributed by atoms with Crippen LogP contribution in [0.1, 0.15) is 37.3 Å². The average molecular weight is 723 g/mol. The Morgan fingerprint density at radius 3 is 2.05 bits per heavy atom. The number of thioether (sulfide) groups is 1. The lowest BCUT2D eigenvalue weighted by atomic mass is 9.84. The number of aromatic nitrogens is 2. The van der Waals surface area contributed by atoms with Crippen LogP contribution in [-0.2, 0) is 0 Å². The topological polar surface area (TPSA) is 9.34 Å². The fourth-order valence-corrected chi connectivity index (χ4v) is 11.0. The number of fused-ring (bicyclic) bond motifs is 11. The Morgan fingerprint density at radius 1 is 0.618 bits per heavy atom. The number of benzene rings is 7. The summed E-state index contributed by atoms with van der Waals surface area (Å²) in [5.74, 6) is 0.0279. The van der Waals surface area contributed by atoms with Gasteiger partial charge in [-0.3, -0.25) is 0 Å². The minimum Gasteiger partial charge on any atom is -0.312 e. The summed E-state index contributed by atoms with van der Waals surface area (Å²) in [7, 11) is 0. The molecule has 10 aromatic rings. The van der Waals surface area contributed by atoms with Crippen LogP contribution >= 0.6 is 11.8 Å². The van der Waals surface area contributed by atoms with E-state index < -0.39 is 0 Å². The van der Waals surface area contributed by atoms with Crippen molar-refractivity contribution < 1.29 is 0 Å². The molecule has 11 rings (SSSR count). The molecular weight excluding hydrogens is 685 g/mol. The van der Waals surface area contributed by atoms with Crippen LogP contribution in [0.2, 0.25) is 0 Å². The highest BCUT2D eigenvalue weighted by Gasteiger charge is 2.35. The third-order valence-corrected chi connectivity index (χ3v) is 13.2. The van der Waals surface area contributed by atoms with E-state index in [0.29, 0.717) is 0 Å². The zero-order valence-electron chi connectivity index (χ0n) is 30.9. The van der Waals surface area contributed by atoms with Gasteiger partial charge in [0.05, 0.1) is 27.6 Å². The summed E-state index contributed by atoms with van der Waals surface area (Å²) in [6.45, 7) is 9.37. The Hall–Kier alpha value is -6.29. The van der Waals surface area contributed by atoms with Gasteiger partial charge in [0.1, 0.15) is 0 Å². The lowest BCUT2D eigenvalue weighted by molar-refractivity contribution is 0.974. The first-order valence-electron chi connectivity index (χ1n) is 19.3. The van der Waals surface area contributed by atoms with E-state index >= 15 is 0 Å². The smallest absolute Gasteiger partial charge is 0.0628 e. The summed E-state index contributed by atoms with van der Waals surface area (Å²) in [5.41, 5.74) is 14.9. The molecule has 0 amide bonds. The Labute approximate surface area is 324 Å². The first-order chi connectivity index (χ1) is 27.2. The summed E-state index contributed by atoms with van der Waals surface area (Å²) in [4.78, 5) is 2.66. The Bertz CT molecular complexity index is 3230. The van der Waals surface area contributed by atoms with Crippen LogP contribution in [0.4, 0.5) is 0 Å². The summed E-state index contributed by atoms with van der Waals surface area (Å²) in [6, 6.07) is 58.0. The van der Waals surface area contributed by atoms with E-state index in [-0.39, 0.29) is 5.92 Å². The second-order valence-corrected chi connectivity index (χ2v) is 15.8. The molecule has 7 aromatic carbocycles. The van der Waals surface area contributed by atoms with E-state index in [0.717, 1.165) is 12.0 Å². The van der Waals surface area contributed by atoms with Gasteiger partial charge in [-0.15, -0.1) is 0 Å². The van der Waals surface area contributed by atoms with E-state index in [4.69, 9.17) is 6.58 Å². The van der Waals surface area contributed by atoms with Gasteiger partial charge in [0.2, 0.25) is 0 Å². The van der Waals surface area contributed by atoms with Crippen molar-refractivity contribution in [2.45, 2.75) is 31.1 Å². The summed E-state index contributed by atoms with van der Waals surface area (Å²) in [5, 5.41) is 7.81. The predicted octanol–water partition coefficient (Wildman–Crippen LogP) is 14.7. The molecule has 262 valence electrons. The largest absolute Gasteiger partial charge is 0.312 e. The van der Waals surface area contributed by atoms with Crippen LogP contribution in [0.25, 0.3) is 82.3 Å². The minimum atomic E-state index is 0.0279. The van der Waals surface area contributed by atoms with Crippen LogP contribution in [0.15, 0.2) is 186 Å². The second kappa shape index (κ2) is 12.4. The van der Waals surface area contributed by atoms with Gasteiger partial charge >= 0.3 is 0 Å². The van der Waals surface area contributed by atoms with Crippen molar-refractivity contribution in [3.8, 4) is 11.1 Å². The predicted molar refractivity (Wildman–Crippen MR) is 237 cm³/mol. The molecule has 0 N–H and O–H groups in total. The number of allylic oxidation sites excluding steroid dienone is 5. The van der Waals surface area contributed by atoms with E-state index in [1.807, 2.05) is 11.8 Å². The van der Waals surface area contributed by atoms with Crippen LogP contribution in [0.5, 0.6) is 0 Å². The number of hydrogen-bond donors (Lipinski definition) is 0. The third-order valence-electron chi connectivity index (χ3n) is 11.9. The molecule has 0 spiro atoms. The maximum absolute atomic E-state index is 4.90. The Balaban J connectivity index is 1.29. The van der Waals surface area contributed by atoms with Gasteiger partial charge < -0.3 is 8.97 Å². The van der Waals surface area contributed by atoms with Crippen molar-refractivity contribution in [3.63, 3.8) is 0 Å². The highest BCUT2D eigenvalue weighted by atomic mass is 32.2. The number of rotatable bonds is 6. The first-order valence-corrected chi connectivity index (χ1v) is 20.1. The molecule has 1 aliphatic heterocycles. The molecule has 3 aromatic heterocycles. The number of nitrogens with zero attached hydrogens (tertiary/aromatic N) is 2. The fraction of sp³-hybridized carbons (Fsp3) is 0.0769. The monoisotopic (exact) mass is 722 g/mol. The molecular formula is C52H38N2S. The van der Waals surface area contributed by atoms with Gasteiger partial charge in [-0.2, -0.15) is 0 Å². The number of para-hydroxylation sites is 2. The molecule has 0 radical (unpaired) electrons. The molecule has 2 nitrogen and oxygen atoms in total. The summed E-state index contributed by atoms with van der Waals surface area (Å²) >= 11 is 1.93. The molecule has 55 heavy (non-hydrogen) atoms. The van der Waals surface area contributed by atoms with Gasteiger partial charge in [0.15, 0.2) is 0 Å². The minimum absolute atomic E-state index is 0.0279. The lowest BCUT2D eigenvalue weighted by Gasteiger charge is -2.23.